The first-order valence-electron chi connectivity index (χ1n) is 26.8. The van der Waals surface area contributed by atoms with Gasteiger partial charge in [0.05, 0.1) is 0 Å². The van der Waals surface area contributed by atoms with Crippen LogP contribution in [0.2, 0.25) is 0 Å². The van der Waals surface area contributed by atoms with E-state index in [0.717, 1.165) is 218 Å². The van der Waals surface area contributed by atoms with Crippen molar-refractivity contribution in [2.75, 3.05) is 224 Å². The molecule has 400 valence electrons. The lowest BCUT2D eigenvalue weighted by atomic mass is 9.87. The molecule has 3 fully saturated rings. The molecule has 22 heteroatoms. The van der Waals surface area contributed by atoms with E-state index in [-0.39, 0.29) is 5.41 Å². The molecule has 5 rings (SSSR count). The van der Waals surface area contributed by atoms with Crippen molar-refractivity contribution in [3.63, 3.8) is 0 Å². The van der Waals surface area contributed by atoms with Crippen LogP contribution < -0.4 is 82.6 Å². The summed E-state index contributed by atoms with van der Waals surface area (Å²) >= 11 is 0. The predicted molar refractivity (Wildman–Crippen MR) is 292 cm³/mol. The number of anilines is 6. The zero-order chi connectivity index (χ0) is 50.0. The van der Waals surface area contributed by atoms with Gasteiger partial charge in [0.25, 0.3) is 0 Å². The van der Waals surface area contributed by atoms with E-state index in [9.17, 15) is 0 Å². The molecule has 3 aliphatic rings. The molecule has 0 atom stereocenters. The Morgan fingerprint density at radius 2 is 0.771 bits per heavy atom. The molecule has 2 aromatic heterocycles. The van der Waals surface area contributed by atoms with Crippen LogP contribution in [0.5, 0.6) is 0 Å². The van der Waals surface area contributed by atoms with Crippen molar-refractivity contribution in [3.05, 3.63) is 0 Å². The molecule has 0 saturated carbocycles. The largest absolute Gasteiger partial charge is 0.344 e. The summed E-state index contributed by atoms with van der Waals surface area (Å²) in [6, 6.07) is 1.52. The monoisotopic (exact) mass is 983 g/mol. The number of hydrogen-bond donors (Lipinski definition) is 10. The lowest BCUT2D eigenvalue weighted by Crippen LogP contribution is -2.53. The first-order valence-corrected chi connectivity index (χ1v) is 26.8. The average molecular weight is 983 g/mol. The molecule has 3 saturated heterocycles. The zero-order valence-corrected chi connectivity index (χ0v) is 45.1. The molecule has 70 heavy (non-hydrogen) atoms. The number of hydrogen-bond acceptors (Lipinski definition) is 22. The highest BCUT2D eigenvalue weighted by Gasteiger charge is 2.30. The molecule has 3 aliphatic heterocycles. The summed E-state index contributed by atoms with van der Waals surface area (Å²) in [7, 11) is 18.4. The van der Waals surface area contributed by atoms with Gasteiger partial charge in [-0.1, -0.05) is 0 Å². The molecule has 0 amide bonds. The van der Waals surface area contributed by atoms with Gasteiger partial charge < -0.3 is 82.6 Å². The van der Waals surface area contributed by atoms with Crippen molar-refractivity contribution in [3.8, 4) is 0 Å². The maximum atomic E-state index is 5.19. The summed E-state index contributed by atoms with van der Waals surface area (Å²) in [6.07, 6.45) is 9.48. The molecule has 0 aromatic carbocycles. The Hall–Kier alpha value is -3.58. The van der Waals surface area contributed by atoms with Crippen molar-refractivity contribution in [2.24, 2.45) is 5.41 Å². The normalized spacial score (nSPS) is 16.7. The van der Waals surface area contributed by atoms with E-state index in [1.54, 1.807) is 0 Å². The fourth-order valence-corrected chi connectivity index (χ4v) is 9.99. The van der Waals surface area contributed by atoms with Crippen LogP contribution in [0, 0.1) is 5.41 Å². The van der Waals surface area contributed by atoms with Crippen molar-refractivity contribution in [1.29, 1.82) is 0 Å². The molecule has 10 N–H and O–H groups in total. The van der Waals surface area contributed by atoms with Gasteiger partial charge in [0.15, 0.2) is 0 Å². The lowest BCUT2D eigenvalue weighted by molar-refractivity contribution is 0.251. The van der Waals surface area contributed by atoms with Gasteiger partial charge in [-0.2, -0.15) is 29.9 Å². The number of nitrogens with one attached hydrogen (secondary N) is 10. The van der Waals surface area contributed by atoms with E-state index in [4.69, 9.17) is 29.9 Å². The minimum absolute atomic E-state index is 0.127. The first kappa shape index (κ1) is 57.3. The van der Waals surface area contributed by atoms with Gasteiger partial charge in [-0.3, -0.25) is 0 Å². The summed E-state index contributed by atoms with van der Waals surface area (Å²) in [5, 5.41) is 35.2. The van der Waals surface area contributed by atoms with Crippen LogP contribution in [-0.2, 0) is 0 Å². The molecule has 0 unspecified atom stereocenters. The van der Waals surface area contributed by atoms with Gasteiger partial charge >= 0.3 is 0 Å². The third-order valence-corrected chi connectivity index (χ3v) is 14.3. The Bertz CT molecular complexity index is 1630. The van der Waals surface area contributed by atoms with Crippen LogP contribution in [-0.4, -0.2) is 242 Å². The van der Waals surface area contributed by atoms with Gasteiger partial charge in [0.1, 0.15) is 0 Å². The van der Waals surface area contributed by atoms with Crippen molar-refractivity contribution in [2.45, 2.75) is 75.9 Å². The molecule has 0 bridgehead atoms. The topological polar surface area (TPSA) is 217 Å². The smallest absolute Gasteiger partial charge is 0.231 e. The van der Waals surface area contributed by atoms with Crippen LogP contribution in [0.25, 0.3) is 0 Å². The molecule has 5 heterocycles. The second kappa shape index (κ2) is 31.8. The third-order valence-electron chi connectivity index (χ3n) is 14.3. The van der Waals surface area contributed by atoms with Gasteiger partial charge in [0, 0.05) is 156 Å². The second-order valence-electron chi connectivity index (χ2n) is 20.0. The van der Waals surface area contributed by atoms with E-state index in [0.29, 0.717) is 24.1 Å². The Balaban J connectivity index is 1.05. The summed E-state index contributed by atoms with van der Waals surface area (Å²) in [4.78, 5) is 43.7. The molecule has 22 nitrogen and oxygen atoms in total. The average Bonchev–Trinajstić information content (AvgIpc) is 3.38. The predicted octanol–water partition coefficient (Wildman–Crippen LogP) is -1.20. The number of nitrogens with zero attached hydrogens (tertiary/aromatic N) is 12. The van der Waals surface area contributed by atoms with Gasteiger partial charge in [-0.15, -0.1) is 0 Å². The molecule has 0 aliphatic carbocycles. The molecule has 2 aromatic rings. The van der Waals surface area contributed by atoms with Crippen LogP contribution in [0.1, 0.15) is 57.8 Å². The van der Waals surface area contributed by atoms with Crippen molar-refractivity contribution >= 4 is 35.7 Å². The van der Waals surface area contributed by atoms with Crippen molar-refractivity contribution < 1.29 is 0 Å². The van der Waals surface area contributed by atoms with E-state index in [2.05, 4.69) is 111 Å². The van der Waals surface area contributed by atoms with E-state index in [1.807, 2.05) is 35.2 Å². The summed E-state index contributed by atoms with van der Waals surface area (Å²) in [5.74, 6) is 4.64. The summed E-state index contributed by atoms with van der Waals surface area (Å²) in [5.41, 5.74) is 0.127. The molecular formula is C48H98N22. The van der Waals surface area contributed by atoms with Crippen molar-refractivity contribution in [1.82, 2.24) is 83.1 Å². The minimum atomic E-state index is 0.127. The van der Waals surface area contributed by atoms with Gasteiger partial charge in [-0.05, 0) is 120 Å². The van der Waals surface area contributed by atoms with Crippen LogP contribution in [0.4, 0.5) is 35.7 Å². The zero-order valence-electron chi connectivity index (χ0n) is 45.1. The Morgan fingerprint density at radius 3 is 1.13 bits per heavy atom. The number of rotatable bonds is 35. The van der Waals surface area contributed by atoms with E-state index in [1.165, 1.54) is 0 Å². The van der Waals surface area contributed by atoms with E-state index < -0.39 is 0 Å². The minimum Gasteiger partial charge on any atom is -0.344 e. The maximum Gasteiger partial charge on any atom is 0.231 e. The highest BCUT2D eigenvalue weighted by Crippen LogP contribution is 2.26. The standard InChI is InChI=1S/C48H98N22/c1-49-19-10-26-65(7)42-59-43(66(8)27-11-20-50-2)61-44(60-42)67(9)28-12-21-55-22-24-57-40-15-31-69(32-16-40)46-62-45(68-29-13-39(54-6)14-30-68)63-47(64-46)70-33-17-41(18-34-70)58-25-23-56-38-48(35-51-3,36-52-4)37-53-5/h39-41,49-58H,10-38H2,1-9H3. The van der Waals surface area contributed by atoms with Crippen LogP contribution in [0.15, 0.2) is 0 Å². The first-order chi connectivity index (χ1) is 34.1. The lowest BCUT2D eigenvalue weighted by Gasteiger charge is -2.36. The summed E-state index contributed by atoms with van der Waals surface area (Å²) in [6.45, 7) is 18.7. The fourth-order valence-electron chi connectivity index (χ4n) is 9.99. The quantitative estimate of drug-likeness (QED) is 0.0368. The highest BCUT2D eigenvalue weighted by molar-refractivity contribution is 5.48. The van der Waals surface area contributed by atoms with E-state index >= 15 is 0 Å². The Labute approximate surface area is 422 Å². The molecule has 0 radical (unpaired) electrons. The van der Waals surface area contributed by atoms with Crippen LogP contribution in [0.3, 0.4) is 0 Å². The van der Waals surface area contributed by atoms with Gasteiger partial charge in [0.2, 0.25) is 35.7 Å². The van der Waals surface area contributed by atoms with Gasteiger partial charge in [-0.25, -0.2) is 0 Å². The highest BCUT2D eigenvalue weighted by atomic mass is 15.4. The van der Waals surface area contributed by atoms with Crippen LogP contribution >= 0.6 is 0 Å². The Kier molecular flexibility index (Phi) is 26.0. The molecular weight excluding hydrogens is 885 g/mol. The number of aromatic nitrogens is 6. The molecule has 0 spiro atoms. The fraction of sp³-hybridized carbons (Fsp3) is 0.875. The Morgan fingerprint density at radius 1 is 0.414 bits per heavy atom. The summed E-state index contributed by atoms with van der Waals surface area (Å²) < 4.78 is 0. The number of piperidine rings is 3. The second-order valence-corrected chi connectivity index (χ2v) is 20.0. The SMILES string of the molecule is CNCCCN(C)c1nc(N(C)CCCNC)nc(N(C)CCCNCCNC2CCN(c3nc(N4CCC(NC)CC4)nc(N4CCC(NCCNCC(CNC)(CNC)CNC)CC4)n3)CC2)n1. The maximum absolute atomic E-state index is 5.19. The third kappa shape index (κ3) is 18.8.